The molecule has 1 aliphatic heterocycles. The van der Waals surface area contributed by atoms with Gasteiger partial charge in [-0.25, -0.2) is 9.59 Å². The van der Waals surface area contributed by atoms with Crippen molar-refractivity contribution in [2.45, 2.75) is 32.0 Å². The summed E-state index contributed by atoms with van der Waals surface area (Å²) >= 11 is 0. The highest BCUT2D eigenvalue weighted by molar-refractivity contribution is 6.07. The van der Waals surface area contributed by atoms with Crippen LogP contribution in [0.25, 0.3) is 0 Å². The smallest absolute Gasteiger partial charge is 0.338 e. The van der Waals surface area contributed by atoms with Gasteiger partial charge < -0.3 is 15.0 Å². The number of likely N-dealkylation sites (N-methyl/N-ethyl adjacent to an activating group) is 1. The van der Waals surface area contributed by atoms with Crippen LogP contribution < -0.4 is 10.6 Å². The fourth-order valence-electron chi connectivity index (χ4n) is 3.23. The van der Waals surface area contributed by atoms with E-state index in [9.17, 15) is 19.2 Å². The first-order chi connectivity index (χ1) is 14.2. The Bertz CT molecular complexity index is 991. The number of carbonyl (C=O) groups is 4. The first-order valence-electron chi connectivity index (χ1n) is 9.45. The summed E-state index contributed by atoms with van der Waals surface area (Å²) in [5.41, 5.74) is 0.281. The molecule has 2 atom stereocenters. The second-order valence-corrected chi connectivity index (χ2v) is 7.34. The van der Waals surface area contributed by atoms with Gasteiger partial charge >= 0.3 is 12.0 Å². The lowest BCUT2D eigenvalue weighted by Gasteiger charge is -2.23. The third-order valence-electron chi connectivity index (χ3n) is 4.99. The van der Waals surface area contributed by atoms with E-state index in [1.807, 2.05) is 30.3 Å². The molecule has 0 unspecified atom stereocenters. The minimum absolute atomic E-state index is 0.174. The molecule has 2 N–H and O–H groups in total. The summed E-state index contributed by atoms with van der Waals surface area (Å²) < 4.78 is 5.34. The second-order valence-electron chi connectivity index (χ2n) is 7.34. The van der Waals surface area contributed by atoms with Gasteiger partial charge in [-0.3, -0.25) is 14.9 Å². The van der Waals surface area contributed by atoms with Crippen molar-refractivity contribution >= 4 is 23.8 Å². The van der Waals surface area contributed by atoms with Gasteiger partial charge in [-0.05, 0) is 37.1 Å². The summed E-state index contributed by atoms with van der Waals surface area (Å²) in [6.45, 7) is 3.45. The summed E-state index contributed by atoms with van der Waals surface area (Å²) in [4.78, 5) is 50.3. The molecule has 1 heterocycles. The molecule has 1 fully saturated rings. The molecule has 156 valence electrons. The van der Waals surface area contributed by atoms with Gasteiger partial charge in [0.1, 0.15) is 5.54 Å². The predicted octanol–water partition coefficient (Wildman–Crippen LogP) is 1.95. The Hall–Kier alpha value is -3.68. The van der Waals surface area contributed by atoms with E-state index in [1.165, 1.54) is 24.0 Å². The van der Waals surface area contributed by atoms with Gasteiger partial charge in [0.25, 0.3) is 11.8 Å². The summed E-state index contributed by atoms with van der Waals surface area (Å²) in [5.74, 6) is -1.54. The molecule has 0 saturated carbocycles. The highest BCUT2D eigenvalue weighted by Gasteiger charge is 2.43. The Balaban J connectivity index is 1.67. The van der Waals surface area contributed by atoms with Gasteiger partial charge in [0.2, 0.25) is 0 Å². The van der Waals surface area contributed by atoms with Crippen molar-refractivity contribution in [3.8, 4) is 0 Å². The number of urea groups is 1. The van der Waals surface area contributed by atoms with Gasteiger partial charge in [-0.15, -0.1) is 0 Å². The number of esters is 1. The molecule has 0 aliphatic carbocycles. The van der Waals surface area contributed by atoms with E-state index >= 15 is 0 Å². The van der Waals surface area contributed by atoms with E-state index in [1.54, 1.807) is 26.1 Å². The molecule has 30 heavy (non-hydrogen) atoms. The zero-order chi connectivity index (χ0) is 21.9. The van der Waals surface area contributed by atoms with E-state index in [2.05, 4.69) is 10.6 Å². The van der Waals surface area contributed by atoms with Crippen molar-refractivity contribution in [2.24, 2.45) is 0 Å². The molecule has 0 aromatic heterocycles. The average molecular weight is 409 g/mol. The zero-order valence-electron chi connectivity index (χ0n) is 17.0. The number of imide groups is 1. The van der Waals surface area contributed by atoms with Gasteiger partial charge in [-0.1, -0.05) is 42.5 Å². The molecule has 8 nitrogen and oxygen atoms in total. The maximum atomic E-state index is 12.6. The summed E-state index contributed by atoms with van der Waals surface area (Å²) in [5, 5.41) is 4.73. The average Bonchev–Trinajstić information content (AvgIpc) is 3.00. The van der Waals surface area contributed by atoms with Crippen LogP contribution in [0.4, 0.5) is 4.79 Å². The predicted molar refractivity (Wildman–Crippen MR) is 108 cm³/mol. The minimum Gasteiger partial charge on any atom is -0.449 e. The van der Waals surface area contributed by atoms with Gasteiger partial charge in [-0.2, -0.15) is 0 Å². The molecule has 0 spiro atoms. The molecular weight excluding hydrogens is 386 g/mol. The Morgan fingerprint density at radius 3 is 2.43 bits per heavy atom. The van der Waals surface area contributed by atoms with Crippen LogP contribution in [0.5, 0.6) is 0 Å². The molecule has 2 aromatic carbocycles. The van der Waals surface area contributed by atoms with Crippen molar-refractivity contribution in [3.05, 3.63) is 71.3 Å². The van der Waals surface area contributed by atoms with Gasteiger partial charge in [0, 0.05) is 13.6 Å². The lowest BCUT2D eigenvalue weighted by atomic mass is 9.91. The Morgan fingerprint density at radius 1 is 1.10 bits per heavy atom. The quantitative estimate of drug-likeness (QED) is 0.560. The van der Waals surface area contributed by atoms with Crippen molar-refractivity contribution in [1.82, 2.24) is 15.5 Å². The number of rotatable bonds is 6. The van der Waals surface area contributed by atoms with E-state index in [0.717, 1.165) is 5.56 Å². The highest BCUT2D eigenvalue weighted by atomic mass is 16.5. The summed E-state index contributed by atoms with van der Waals surface area (Å²) in [7, 11) is 1.64. The largest absolute Gasteiger partial charge is 0.449 e. The first kappa shape index (κ1) is 21.0. The Morgan fingerprint density at radius 2 is 1.80 bits per heavy atom. The van der Waals surface area contributed by atoms with Crippen LogP contribution >= 0.6 is 0 Å². The first-order valence-corrected chi connectivity index (χ1v) is 9.45. The monoisotopic (exact) mass is 409 g/mol. The Kier molecular flexibility index (Phi) is 5.86. The lowest BCUT2D eigenvalue weighted by molar-refractivity contribution is -0.139. The van der Waals surface area contributed by atoms with E-state index in [4.69, 9.17) is 4.74 Å². The van der Waals surface area contributed by atoms with Crippen molar-refractivity contribution in [3.63, 3.8) is 0 Å². The van der Waals surface area contributed by atoms with Crippen LogP contribution in [0.1, 0.15) is 35.3 Å². The van der Waals surface area contributed by atoms with Crippen LogP contribution in [0.2, 0.25) is 0 Å². The molecule has 8 heteroatoms. The molecule has 0 bridgehead atoms. The number of ether oxygens (including phenoxy) is 1. The molecule has 1 aliphatic rings. The van der Waals surface area contributed by atoms with Crippen molar-refractivity contribution in [2.75, 3.05) is 7.05 Å². The van der Waals surface area contributed by atoms with Crippen molar-refractivity contribution in [1.29, 1.82) is 0 Å². The van der Waals surface area contributed by atoms with E-state index in [-0.39, 0.29) is 11.5 Å². The summed E-state index contributed by atoms with van der Waals surface area (Å²) in [6, 6.07) is 15.1. The SMILES string of the molecule is C[C@H](OC(=O)c1cccc([C@]2(C)NC(=O)NC2=O)c1)C(=O)N(C)Cc1ccccc1. The summed E-state index contributed by atoms with van der Waals surface area (Å²) in [6.07, 6.45) is -0.986. The Labute approximate surface area is 174 Å². The second kappa shape index (κ2) is 8.36. The number of amides is 4. The van der Waals surface area contributed by atoms with E-state index < -0.39 is 29.6 Å². The zero-order valence-corrected chi connectivity index (χ0v) is 17.0. The molecular formula is C22H23N3O5. The van der Waals surface area contributed by atoms with Crippen molar-refractivity contribution < 1.29 is 23.9 Å². The number of hydrogen-bond acceptors (Lipinski definition) is 5. The highest BCUT2D eigenvalue weighted by Crippen LogP contribution is 2.25. The lowest BCUT2D eigenvalue weighted by Crippen LogP contribution is -2.40. The topological polar surface area (TPSA) is 105 Å². The third kappa shape index (κ3) is 4.32. The third-order valence-corrected chi connectivity index (χ3v) is 4.99. The fraction of sp³-hybridized carbons (Fsp3) is 0.273. The number of carbonyl (C=O) groups excluding carboxylic acids is 4. The minimum atomic E-state index is -1.29. The molecule has 3 rings (SSSR count). The van der Waals surface area contributed by atoms with Crippen LogP contribution in [0.15, 0.2) is 54.6 Å². The standard InChI is InChI=1S/C22H23N3O5/c1-14(18(26)25(3)13-15-8-5-4-6-9-15)30-19(27)16-10-7-11-17(12-16)22(2)20(28)23-21(29)24-22/h4-12,14H,13H2,1-3H3,(H2,23,24,28,29)/t14-,22-/m0/s1. The van der Waals surface area contributed by atoms with Crippen LogP contribution in [0, 0.1) is 0 Å². The molecule has 0 radical (unpaired) electrons. The molecule has 4 amide bonds. The van der Waals surface area contributed by atoms with Gasteiger partial charge in [0.15, 0.2) is 6.10 Å². The molecule has 1 saturated heterocycles. The molecule has 2 aromatic rings. The number of nitrogens with one attached hydrogen (secondary N) is 2. The number of nitrogens with zero attached hydrogens (tertiary/aromatic N) is 1. The van der Waals surface area contributed by atoms with Crippen LogP contribution in [-0.4, -0.2) is 41.9 Å². The van der Waals surface area contributed by atoms with E-state index in [0.29, 0.717) is 12.1 Å². The van der Waals surface area contributed by atoms with Crippen LogP contribution in [0.3, 0.4) is 0 Å². The number of hydrogen-bond donors (Lipinski definition) is 2. The maximum absolute atomic E-state index is 12.6. The van der Waals surface area contributed by atoms with Gasteiger partial charge in [0.05, 0.1) is 5.56 Å². The normalized spacial score (nSPS) is 18.9. The van der Waals surface area contributed by atoms with Crippen LogP contribution in [-0.2, 0) is 26.4 Å². The number of benzene rings is 2. The fourth-order valence-corrected chi connectivity index (χ4v) is 3.23. The maximum Gasteiger partial charge on any atom is 0.338 e.